The third-order valence-corrected chi connectivity index (χ3v) is 2.07. The minimum absolute atomic E-state index is 0.369. The van der Waals surface area contributed by atoms with Gasteiger partial charge in [-0.3, -0.25) is 9.59 Å². The molecule has 2 unspecified atom stereocenters. The molecule has 0 rings (SSSR count). The second-order valence-corrected chi connectivity index (χ2v) is 4.04. The zero-order valence-corrected chi connectivity index (χ0v) is 11.8. The van der Waals surface area contributed by atoms with Crippen LogP contribution in [0.15, 0.2) is 12.2 Å². The first kappa shape index (κ1) is 20.9. The number of aliphatic hydroxyl groups is 2. The highest BCUT2D eigenvalue weighted by molar-refractivity contribution is 5.99. The van der Waals surface area contributed by atoms with E-state index in [9.17, 15) is 28.8 Å². The Morgan fingerprint density at radius 3 is 1.25 bits per heavy atom. The molecule has 2 atom stereocenters. The lowest BCUT2D eigenvalue weighted by molar-refractivity contribution is -0.163. The molecule has 0 aliphatic rings. The molecule has 4 N–H and O–H groups in total. The molecule has 132 valence electrons. The summed E-state index contributed by atoms with van der Waals surface area (Å²) in [5, 5.41) is 34.3. The van der Waals surface area contributed by atoms with Gasteiger partial charge in [-0.05, 0) is 0 Å². The number of rotatable bonds is 8. The van der Waals surface area contributed by atoms with Crippen LogP contribution in [0.1, 0.15) is 12.8 Å². The number of hydrogen-bond donors (Lipinski definition) is 4. The van der Waals surface area contributed by atoms with Gasteiger partial charge >= 0.3 is 35.8 Å². The molecule has 0 bridgehead atoms. The van der Waals surface area contributed by atoms with Gasteiger partial charge in [-0.15, -0.1) is 0 Å². The number of carboxylic acid groups (broad SMARTS) is 2. The average molecular weight is 348 g/mol. The summed E-state index contributed by atoms with van der Waals surface area (Å²) < 4.78 is 8.05. The number of aliphatic carboxylic acids is 2. The van der Waals surface area contributed by atoms with Gasteiger partial charge in [0, 0.05) is 12.2 Å². The molecule has 0 aliphatic carbocycles. The zero-order valence-electron chi connectivity index (χ0n) is 11.8. The smallest absolute Gasteiger partial charge is 0.338 e. The molecule has 12 heteroatoms. The summed E-state index contributed by atoms with van der Waals surface area (Å²) in [4.78, 5) is 64.7. The van der Waals surface area contributed by atoms with Crippen LogP contribution in [0, 0.1) is 0 Å². The summed E-state index contributed by atoms with van der Waals surface area (Å²) in [5.74, 6) is -9.00. The maximum absolute atomic E-state index is 11.1. The largest absolute Gasteiger partial charge is 0.479 e. The lowest BCUT2D eigenvalue weighted by atomic mass is 10.2. The second-order valence-electron chi connectivity index (χ2n) is 4.04. The van der Waals surface area contributed by atoms with Gasteiger partial charge in [0.25, 0.3) is 0 Å². The van der Waals surface area contributed by atoms with Crippen molar-refractivity contribution in [3.63, 3.8) is 0 Å². The van der Waals surface area contributed by atoms with E-state index in [2.05, 4.69) is 9.47 Å². The fourth-order valence-corrected chi connectivity index (χ4v) is 1.00. The number of ether oxygens (including phenoxy) is 2. The van der Waals surface area contributed by atoms with Crippen LogP contribution in [0.2, 0.25) is 0 Å². The Bertz CT molecular complexity index is 525. The van der Waals surface area contributed by atoms with Crippen LogP contribution >= 0.6 is 0 Å². The Morgan fingerprint density at radius 2 is 1.00 bits per heavy atom. The standard InChI is InChI=1S/C12H12O12/c13-5(11(19)20)3-9(17)23-7(15)1-2-8(16)24-10(18)4-6(14)12(21)22/h1-2,5-6,13-14H,3-4H2,(H,19,20)(H,21,22)/b2-1-. The van der Waals surface area contributed by atoms with Gasteiger partial charge in [-0.2, -0.15) is 0 Å². The van der Waals surface area contributed by atoms with Gasteiger partial charge in [0.05, 0.1) is 12.8 Å². The first-order valence-electron chi connectivity index (χ1n) is 6.02. The van der Waals surface area contributed by atoms with Crippen molar-refractivity contribution >= 4 is 35.8 Å². The van der Waals surface area contributed by atoms with Crippen molar-refractivity contribution in [2.75, 3.05) is 0 Å². The molecule has 0 aromatic heterocycles. The number of esters is 4. The number of carboxylic acids is 2. The highest BCUT2D eigenvalue weighted by Crippen LogP contribution is 1.98. The van der Waals surface area contributed by atoms with E-state index in [1.807, 2.05) is 0 Å². The number of carbonyl (C=O) groups excluding carboxylic acids is 4. The molecular formula is C12H12O12. The monoisotopic (exact) mass is 348 g/mol. The van der Waals surface area contributed by atoms with Crippen LogP contribution in [0.4, 0.5) is 0 Å². The van der Waals surface area contributed by atoms with E-state index in [1.54, 1.807) is 0 Å². The predicted molar refractivity (Wildman–Crippen MR) is 67.9 cm³/mol. The maximum Gasteiger partial charge on any atom is 0.338 e. The lowest BCUT2D eigenvalue weighted by Gasteiger charge is -2.04. The molecule has 0 heterocycles. The highest BCUT2D eigenvalue weighted by Gasteiger charge is 2.21. The third-order valence-electron chi connectivity index (χ3n) is 2.07. The van der Waals surface area contributed by atoms with Gasteiger partial charge in [0.15, 0.2) is 12.2 Å². The van der Waals surface area contributed by atoms with Crippen molar-refractivity contribution in [3.8, 4) is 0 Å². The van der Waals surface area contributed by atoms with E-state index >= 15 is 0 Å². The maximum atomic E-state index is 11.1. The Hall–Kier alpha value is -3.12. The molecular weight excluding hydrogens is 336 g/mol. The van der Waals surface area contributed by atoms with Crippen LogP contribution < -0.4 is 0 Å². The Morgan fingerprint density at radius 1 is 0.708 bits per heavy atom. The van der Waals surface area contributed by atoms with E-state index in [0.29, 0.717) is 12.2 Å². The summed E-state index contributed by atoms with van der Waals surface area (Å²) in [6.07, 6.45) is -5.42. The van der Waals surface area contributed by atoms with Crippen molar-refractivity contribution in [2.24, 2.45) is 0 Å². The van der Waals surface area contributed by atoms with Crippen LogP contribution in [0.3, 0.4) is 0 Å². The van der Waals surface area contributed by atoms with Crippen molar-refractivity contribution < 1.29 is 58.7 Å². The normalized spacial score (nSPS) is 12.9. The van der Waals surface area contributed by atoms with Crippen LogP contribution in [0.5, 0.6) is 0 Å². The summed E-state index contributed by atoms with van der Waals surface area (Å²) in [7, 11) is 0. The lowest BCUT2D eigenvalue weighted by Crippen LogP contribution is -2.25. The van der Waals surface area contributed by atoms with Gasteiger partial charge in [0.1, 0.15) is 0 Å². The Balaban J connectivity index is 4.32. The molecule has 24 heavy (non-hydrogen) atoms. The highest BCUT2D eigenvalue weighted by atomic mass is 16.6. The molecule has 0 fully saturated rings. The van der Waals surface area contributed by atoms with E-state index in [-0.39, 0.29) is 0 Å². The number of carbonyl (C=O) groups is 6. The van der Waals surface area contributed by atoms with Gasteiger partial charge in [-0.25, -0.2) is 19.2 Å². The van der Waals surface area contributed by atoms with Crippen molar-refractivity contribution in [3.05, 3.63) is 12.2 Å². The van der Waals surface area contributed by atoms with E-state index in [4.69, 9.17) is 20.4 Å². The summed E-state index contributed by atoms with van der Waals surface area (Å²) >= 11 is 0. The third kappa shape index (κ3) is 9.01. The summed E-state index contributed by atoms with van der Waals surface area (Å²) in [5.41, 5.74) is 0. The topological polar surface area (TPSA) is 202 Å². The Kier molecular flexibility index (Phi) is 8.53. The van der Waals surface area contributed by atoms with Crippen molar-refractivity contribution in [1.29, 1.82) is 0 Å². The molecule has 0 aliphatic heterocycles. The first-order valence-corrected chi connectivity index (χ1v) is 6.02. The fourth-order valence-electron chi connectivity index (χ4n) is 1.00. The second kappa shape index (κ2) is 9.81. The number of hydrogen-bond acceptors (Lipinski definition) is 10. The fraction of sp³-hybridized carbons (Fsp3) is 0.333. The molecule has 0 spiro atoms. The van der Waals surface area contributed by atoms with E-state index in [1.165, 1.54) is 0 Å². The van der Waals surface area contributed by atoms with Crippen molar-refractivity contribution in [2.45, 2.75) is 25.0 Å². The minimum Gasteiger partial charge on any atom is -0.479 e. The van der Waals surface area contributed by atoms with Crippen LogP contribution in [-0.4, -0.2) is 68.4 Å². The molecule has 0 saturated carbocycles. The number of aliphatic hydroxyl groups excluding tert-OH is 2. The molecule has 0 aromatic carbocycles. The summed E-state index contributed by atoms with van der Waals surface area (Å²) in [6, 6.07) is 0. The van der Waals surface area contributed by atoms with E-state index < -0.39 is 60.9 Å². The first-order chi connectivity index (χ1) is 11.0. The van der Waals surface area contributed by atoms with Crippen LogP contribution in [0.25, 0.3) is 0 Å². The molecule has 0 radical (unpaired) electrons. The van der Waals surface area contributed by atoms with Gasteiger partial charge in [-0.1, -0.05) is 0 Å². The molecule has 0 amide bonds. The average Bonchev–Trinajstić information content (AvgIpc) is 2.44. The van der Waals surface area contributed by atoms with E-state index in [0.717, 1.165) is 0 Å². The predicted octanol–water partition coefficient (Wildman–Crippen LogP) is -2.65. The SMILES string of the molecule is O=C(/C=C\C(=O)OC(=O)CC(O)C(=O)O)OC(=O)CC(O)C(=O)O. The van der Waals surface area contributed by atoms with Crippen molar-refractivity contribution in [1.82, 2.24) is 0 Å². The quantitative estimate of drug-likeness (QED) is 0.202. The molecule has 12 nitrogen and oxygen atoms in total. The molecule has 0 saturated heterocycles. The van der Waals surface area contributed by atoms with Crippen LogP contribution in [-0.2, 0) is 38.2 Å². The summed E-state index contributed by atoms with van der Waals surface area (Å²) in [6.45, 7) is 0. The van der Waals surface area contributed by atoms with Gasteiger partial charge in [0.2, 0.25) is 0 Å². The Labute approximate surface area is 132 Å². The molecule has 0 aromatic rings. The van der Waals surface area contributed by atoms with Gasteiger partial charge < -0.3 is 29.9 Å². The minimum atomic E-state index is -2.07. The zero-order chi connectivity index (χ0) is 18.9.